The minimum atomic E-state index is 0.240. The van der Waals surface area contributed by atoms with Crippen LogP contribution in [0.3, 0.4) is 0 Å². The largest absolute Gasteiger partial charge is 0.354 e. The molecule has 3 aromatic rings. The van der Waals surface area contributed by atoms with Crippen molar-refractivity contribution in [3.05, 3.63) is 41.3 Å². The molecule has 1 fully saturated rings. The fourth-order valence-electron chi connectivity index (χ4n) is 3.89. The first-order valence-corrected chi connectivity index (χ1v) is 10.8. The molecule has 0 bridgehead atoms. The van der Waals surface area contributed by atoms with Crippen molar-refractivity contribution in [3.63, 3.8) is 0 Å². The molecule has 1 aliphatic heterocycles. The van der Waals surface area contributed by atoms with Gasteiger partial charge in [0.1, 0.15) is 11.6 Å². The standard InChI is InChI=1S/C22H27ClN6O/c1-15(2)12-20(30)27-8-5-9-28(11-10-27)21-19-14-24-29(22(19)26-16(3)25-21)18-7-4-6-17(23)13-18/h4,6-7,13-15H,5,8-12H2,1-3H3. The molecule has 1 aliphatic rings. The first-order chi connectivity index (χ1) is 14.4. The van der Waals surface area contributed by atoms with Crippen LogP contribution in [0.4, 0.5) is 5.82 Å². The van der Waals surface area contributed by atoms with E-state index in [0.717, 1.165) is 48.6 Å². The Morgan fingerprint density at radius 1 is 1.17 bits per heavy atom. The van der Waals surface area contributed by atoms with Crippen LogP contribution in [0.2, 0.25) is 5.02 Å². The van der Waals surface area contributed by atoms with Crippen LogP contribution >= 0.6 is 11.6 Å². The minimum Gasteiger partial charge on any atom is -0.354 e. The summed E-state index contributed by atoms with van der Waals surface area (Å²) in [6.07, 6.45) is 3.33. The number of benzene rings is 1. The lowest BCUT2D eigenvalue weighted by Crippen LogP contribution is -2.36. The molecule has 30 heavy (non-hydrogen) atoms. The molecule has 0 spiro atoms. The lowest BCUT2D eigenvalue weighted by molar-refractivity contribution is -0.131. The van der Waals surface area contributed by atoms with E-state index in [4.69, 9.17) is 16.6 Å². The first kappa shape index (κ1) is 20.6. The maximum absolute atomic E-state index is 12.5. The second kappa shape index (κ2) is 8.60. The molecule has 0 N–H and O–H groups in total. The van der Waals surface area contributed by atoms with Crippen LogP contribution in [0, 0.1) is 12.8 Å². The Labute approximate surface area is 181 Å². The van der Waals surface area contributed by atoms with E-state index in [-0.39, 0.29) is 5.91 Å². The van der Waals surface area contributed by atoms with E-state index in [9.17, 15) is 4.79 Å². The Morgan fingerprint density at radius 3 is 2.77 bits per heavy atom. The van der Waals surface area contributed by atoms with Crippen molar-refractivity contribution in [1.29, 1.82) is 0 Å². The van der Waals surface area contributed by atoms with Crippen LogP contribution < -0.4 is 4.90 Å². The molecular weight excluding hydrogens is 400 g/mol. The van der Waals surface area contributed by atoms with E-state index in [1.807, 2.05) is 42.3 Å². The highest BCUT2D eigenvalue weighted by atomic mass is 35.5. The van der Waals surface area contributed by atoms with E-state index in [0.29, 0.717) is 29.7 Å². The second-order valence-corrected chi connectivity index (χ2v) is 8.62. The molecule has 3 heterocycles. The van der Waals surface area contributed by atoms with Gasteiger partial charge in [-0.3, -0.25) is 4.79 Å². The molecule has 1 amide bonds. The highest BCUT2D eigenvalue weighted by molar-refractivity contribution is 6.30. The molecule has 0 atom stereocenters. The molecule has 2 aromatic heterocycles. The average molecular weight is 427 g/mol. The van der Waals surface area contributed by atoms with Crippen molar-refractivity contribution in [2.24, 2.45) is 5.92 Å². The Morgan fingerprint density at radius 2 is 2.00 bits per heavy atom. The van der Waals surface area contributed by atoms with Crippen molar-refractivity contribution in [1.82, 2.24) is 24.6 Å². The summed E-state index contributed by atoms with van der Waals surface area (Å²) in [5.74, 6) is 2.19. The molecule has 4 rings (SSSR count). The van der Waals surface area contributed by atoms with Gasteiger partial charge in [0.2, 0.25) is 5.91 Å². The zero-order chi connectivity index (χ0) is 21.3. The van der Waals surface area contributed by atoms with Gasteiger partial charge in [-0.15, -0.1) is 0 Å². The number of fused-ring (bicyclic) bond motifs is 1. The number of aromatic nitrogens is 4. The van der Waals surface area contributed by atoms with Crippen molar-refractivity contribution >= 4 is 34.4 Å². The van der Waals surface area contributed by atoms with Crippen molar-refractivity contribution in [3.8, 4) is 5.69 Å². The summed E-state index contributed by atoms with van der Waals surface area (Å²) in [6.45, 7) is 9.15. The van der Waals surface area contributed by atoms with Gasteiger partial charge in [0, 0.05) is 37.6 Å². The predicted octanol–water partition coefficient (Wildman–Crippen LogP) is 3.86. The van der Waals surface area contributed by atoms with Crippen LogP contribution in [-0.4, -0.2) is 56.7 Å². The van der Waals surface area contributed by atoms with Gasteiger partial charge in [0.15, 0.2) is 5.65 Å². The number of nitrogens with zero attached hydrogens (tertiary/aromatic N) is 6. The van der Waals surface area contributed by atoms with E-state index in [1.54, 1.807) is 4.68 Å². The molecule has 0 saturated carbocycles. The normalized spacial score (nSPS) is 15.1. The number of aryl methyl sites for hydroxylation is 1. The number of carbonyl (C=O) groups excluding carboxylic acids is 1. The zero-order valence-corrected chi connectivity index (χ0v) is 18.4. The molecule has 8 heteroatoms. The zero-order valence-electron chi connectivity index (χ0n) is 17.7. The SMILES string of the molecule is Cc1nc(N2CCCN(C(=O)CC(C)C)CC2)c2cnn(-c3cccc(Cl)c3)c2n1. The van der Waals surface area contributed by atoms with Gasteiger partial charge in [-0.05, 0) is 37.5 Å². The highest BCUT2D eigenvalue weighted by Gasteiger charge is 2.23. The Bertz CT molecular complexity index is 1060. The molecule has 1 aromatic carbocycles. The summed E-state index contributed by atoms with van der Waals surface area (Å²) in [6, 6.07) is 7.57. The van der Waals surface area contributed by atoms with Crippen molar-refractivity contribution < 1.29 is 4.79 Å². The molecule has 0 radical (unpaired) electrons. The van der Waals surface area contributed by atoms with E-state index in [2.05, 4.69) is 28.8 Å². The van der Waals surface area contributed by atoms with E-state index in [1.165, 1.54) is 0 Å². The quantitative estimate of drug-likeness (QED) is 0.633. The van der Waals surface area contributed by atoms with Gasteiger partial charge >= 0.3 is 0 Å². The lowest BCUT2D eigenvalue weighted by atomic mass is 10.1. The number of hydrogen-bond donors (Lipinski definition) is 0. The average Bonchev–Trinajstić information content (AvgIpc) is 2.95. The Balaban J connectivity index is 1.64. The van der Waals surface area contributed by atoms with Crippen molar-refractivity contribution in [2.45, 2.75) is 33.6 Å². The van der Waals surface area contributed by atoms with Gasteiger partial charge in [0.05, 0.1) is 17.3 Å². The van der Waals surface area contributed by atoms with E-state index >= 15 is 0 Å². The fraction of sp³-hybridized carbons (Fsp3) is 0.455. The second-order valence-electron chi connectivity index (χ2n) is 8.19. The smallest absolute Gasteiger partial charge is 0.222 e. The van der Waals surface area contributed by atoms with Crippen LogP contribution in [0.25, 0.3) is 16.7 Å². The van der Waals surface area contributed by atoms with Crippen molar-refractivity contribution in [2.75, 3.05) is 31.1 Å². The van der Waals surface area contributed by atoms with Crippen LogP contribution in [0.15, 0.2) is 30.5 Å². The molecule has 158 valence electrons. The summed E-state index contributed by atoms with van der Waals surface area (Å²) in [4.78, 5) is 26.1. The van der Waals surface area contributed by atoms with Gasteiger partial charge in [0.25, 0.3) is 0 Å². The lowest BCUT2D eigenvalue weighted by Gasteiger charge is -2.24. The molecule has 0 unspecified atom stereocenters. The molecule has 7 nitrogen and oxygen atoms in total. The number of anilines is 1. The molecule has 0 aliphatic carbocycles. The minimum absolute atomic E-state index is 0.240. The first-order valence-electron chi connectivity index (χ1n) is 10.4. The monoisotopic (exact) mass is 426 g/mol. The molecule has 1 saturated heterocycles. The number of hydrogen-bond acceptors (Lipinski definition) is 5. The summed E-state index contributed by atoms with van der Waals surface area (Å²) in [5.41, 5.74) is 1.62. The van der Waals surface area contributed by atoms with Crippen LogP contribution in [0.1, 0.15) is 32.5 Å². The van der Waals surface area contributed by atoms with Crippen LogP contribution in [0.5, 0.6) is 0 Å². The fourth-order valence-corrected chi connectivity index (χ4v) is 4.08. The summed E-state index contributed by atoms with van der Waals surface area (Å²) < 4.78 is 1.80. The third-order valence-electron chi connectivity index (χ3n) is 5.30. The summed E-state index contributed by atoms with van der Waals surface area (Å²) in [5, 5.41) is 6.13. The van der Waals surface area contributed by atoms with Gasteiger partial charge in [-0.25, -0.2) is 14.6 Å². The number of rotatable bonds is 4. The molecular formula is C22H27ClN6O. The number of carbonyl (C=O) groups is 1. The topological polar surface area (TPSA) is 67.2 Å². The van der Waals surface area contributed by atoms with Gasteiger partial charge in [-0.2, -0.15) is 5.10 Å². The number of amides is 1. The highest BCUT2D eigenvalue weighted by Crippen LogP contribution is 2.27. The Kier molecular flexibility index (Phi) is 5.90. The Hall–Kier alpha value is -2.67. The maximum atomic E-state index is 12.5. The predicted molar refractivity (Wildman–Crippen MR) is 119 cm³/mol. The maximum Gasteiger partial charge on any atom is 0.222 e. The number of halogens is 1. The van der Waals surface area contributed by atoms with Gasteiger partial charge in [-0.1, -0.05) is 31.5 Å². The van der Waals surface area contributed by atoms with Gasteiger partial charge < -0.3 is 9.80 Å². The van der Waals surface area contributed by atoms with Crippen LogP contribution in [-0.2, 0) is 4.79 Å². The van der Waals surface area contributed by atoms with E-state index < -0.39 is 0 Å². The summed E-state index contributed by atoms with van der Waals surface area (Å²) in [7, 11) is 0. The summed E-state index contributed by atoms with van der Waals surface area (Å²) >= 11 is 6.17. The third kappa shape index (κ3) is 4.26. The third-order valence-corrected chi connectivity index (χ3v) is 5.54.